The zero-order chi connectivity index (χ0) is 40.3. The fourth-order valence-corrected chi connectivity index (χ4v) is 6.86. The molecule has 2 N–H and O–H groups in total. The molecule has 0 radical (unpaired) electrons. The molecule has 0 amide bonds. The van der Waals surface area contributed by atoms with Gasteiger partial charge in [-0.15, -0.1) is 0 Å². The number of phosphoric ester groups is 1. The molecule has 0 aliphatic rings. The van der Waals surface area contributed by atoms with Crippen LogP contribution < -0.4 is 0 Å². The molecule has 0 saturated heterocycles. The van der Waals surface area contributed by atoms with Crippen LogP contribution in [0.25, 0.3) is 0 Å². The molecular weight excluding hydrogens is 711 g/mol. The molecule has 0 unspecified atom stereocenters. The van der Waals surface area contributed by atoms with Crippen molar-refractivity contribution in [1.29, 1.82) is 0 Å². The normalized spacial score (nSPS) is 12.7. The lowest BCUT2D eigenvalue weighted by Gasteiger charge is -2.18. The first-order valence-corrected chi connectivity index (χ1v) is 24.3. The van der Waals surface area contributed by atoms with Gasteiger partial charge in [-0.1, -0.05) is 198 Å². The monoisotopic (exact) mass is 797 g/mol. The number of carbonyl (C=O) groups is 2. The lowest BCUT2D eigenvalue weighted by Crippen LogP contribution is -2.29. The van der Waals surface area contributed by atoms with Crippen molar-refractivity contribution in [3.05, 3.63) is 36.5 Å². The number of hydrogen-bond donors (Lipinski definition) is 2. The molecule has 0 aromatic rings. The highest BCUT2D eigenvalue weighted by molar-refractivity contribution is 7.46. The van der Waals surface area contributed by atoms with Crippen molar-refractivity contribution < 1.29 is 37.9 Å². The number of allylic oxidation sites excluding steroid dienone is 6. The van der Waals surface area contributed by atoms with Gasteiger partial charge >= 0.3 is 19.8 Å². The number of carbonyl (C=O) groups excluding carboxylic acids is 2. The first-order valence-electron chi connectivity index (χ1n) is 22.8. The highest BCUT2D eigenvalue weighted by Crippen LogP contribution is 2.36. The van der Waals surface area contributed by atoms with Gasteiger partial charge in [0.15, 0.2) is 6.10 Å². The molecule has 0 heterocycles. The first kappa shape index (κ1) is 53.3. The molecule has 0 rings (SSSR count). The minimum absolute atomic E-state index is 0.207. The first-order chi connectivity index (χ1) is 26.8. The number of unbranched alkanes of at least 4 members (excludes halogenated alkanes) is 26. The predicted octanol–water partition coefficient (Wildman–Crippen LogP) is 14.1. The van der Waals surface area contributed by atoms with Gasteiger partial charge in [0, 0.05) is 12.8 Å². The van der Waals surface area contributed by atoms with Crippen LogP contribution in [0.1, 0.15) is 226 Å². The maximum absolute atomic E-state index is 12.4. The maximum Gasteiger partial charge on any atom is 0.469 e. The van der Waals surface area contributed by atoms with Crippen molar-refractivity contribution in [2.45, 2.75) is 232 Å². The molecule has 0 saturated carbocycles. The van der Waals surface area contributed by atoms with Gasteiger partial charge in [0.2, 0.25) is 0 Å². The van der Waals surface area contributed by atoms with Gasteiger partial charge in [0.25, 0.3) is 0 Å². The molecule has 0 aliphatic carbocycles. The van der Waals surface area contributed by atoms with E-state index in [0.717, 1.165) is 51.4 Å². The van der Waals surface area contributed by atoms with E-state index in [1.807, 2.05) is 0 Å². The Morgan fingerprint density at radius 1 is 0.473 bits per heavy atom. The van der Waals surface area contributed by atoms with Crippen LogP contribution in [0.2, 0.25) is 0 Å². The SMILES string of the molecule is CCCCC/C=C/C/C=C/C/C=C/CCCCC(=O)OC[C@H](COP(=O)(O)O)OC(=O)CCCCCCCCCCCCCCCCCCCCCCCC. The van der Waals surface area contributed by atoms with Crippen LogP contribution in [0, 0.1) is 0 Å². The lowest BCUT2D eigenvalue weighted by atomic mass is 10.0. The summed E-state index contributed by atoms with van der Waals surface area (Å²) in [5, 5.41) is 0. The third kappa shape index (κ3) is 44.8. The van der Waals surface area contributed by atoms with Crippen LogP contribution in [0.3, 0.4) is 0 Å². The zero-order valence-electron chi connectivity index (χ0n) is 35.6. The van der Waals surface area contributed by atoms with Crippen molar-refractivity contribution in [3.8, 4) is 0 Å². The van der Waals surface area contributed by atoms with E-state index < -0.39 is 32.5 Å². The van der Waals surface area contributed by atoms with Crippen molar-refractivity contribution >= 4 is 19.8 Å². The van der Waals surface area contributed by atoms with Gasteiger partial charge < -0.3 is 19.3 Å². The van der Waals surface area contributed by atoms with Crippen LogP contribution in [0.4, 0.5) is 0 Å². The number of esters is 2. The molecule has 0 aromatic carbocycles. The summed E-state index contributed by atoms with van der Waals surface area (Å²) in [6, 6.07) is 0. The van der Waals surface area contributed by atoms with E-state index in [4.69, 9.17) is 19.3 Å². The molecule has 0 bridgehead atoms. The summed E-state index contributed by atoms with van der Waals surface area (Å²) in [6.07, 6.45) is 50.2. The van der Waals surface area contributed by atoms with Gasteiger partial charge in [-0.05, 0) is 51.4 Å². The fraction of sp³-hybridized carbons (Fsp3) is 0.826. The van der Waals surface area contributed by atoms with Crippen LogP contribution in [-0.4, -0.2) is 41.0 Å². The van der Waals surface area contributed by atoms with Crippen molar-refractivity contribution in [1.82, 2.24) is 0 Å². The molecule has 322 valence electrons. The molecule has 8 nitrogen and oxygen atoms in total. The molecular formula is C46H85O8P. The fourth-order valence-electron chi connectivity index (χ4n) is 6.50. The molecule has 0 aliphatic heterocycles. The Hall–Kier alpha value is -1.73. The Bertz CT molecular complexity index is 988. The minimum atomic E-state index is -4.76. The Kier molecular flexibility index (Phi) is 40.6. The third-order valence-electron chi connectivity index (χ3n) is 9.91. The van der Waals surface area contributed by atoms with Crippen LogP contribution >= 0.6 is 7.82 Å². The molecule has 0 fully saturated rings. The van der Waals surface area contributed by atoms with Gasteiger partial charge in [0.05, 0.1) is 6.61 Å². The summed E-state index contributed by atoms with van der Waals surface area (Å²) in [4.78, 5) is 42.9. The average molecular weight is 797 g/mol. The topological polar surface area (TPSA) is 119 Å². The summed E-state index contributed by atoms with van der Waals surface area (Å²) in [6.45, 7) is 3.65. The van der Waals surface area contributed by atoms with Gasteiger partial charge in [0.1, 0.15) is 6.61 Å². The molecule has 9 heteroatoms. The van der Waals surface area contributed by atoms with E-state index in [1.165, 1.54) is 135 Å². The Morgan fingerprint density at radius 2 is 0.818 bits per heavy atom. The quantitative estimate of drug-likeness (QED) is 0.0271. The van der Waals surface area contributed by atoms with Crippen molar-refractivity contribution in [3.63, 3.8) is 0 Å². The van der Waals surface area contributed by atoms with E-state index in [9.17, 15) is 14.2 Å². The Morgan fingerprint density at radius 3 is 1.25 bits per heavy atom. The van der Waals surface area contributed by atoms with E-state index >= 15 is 0 Å². The largest absolute Gasteiger partial charge is 0.469 e. The van der Waals surface area contributed by atoms with Crippen molar-refractivity contribution in [2.24, 2.45) is 0 Å². The second kappa shape index (κ2) is 41.9. The summed E-state index contributed by atoms with van der Waals surface area (Å²) in [5.74, 6) is -0.921. The van der Waals surface area contributed by atoms with E-state index in [0.29, 0.717) is 12.8 Å². The molecule has 0 spiro atoms. The lowest BCUT2D eigenvalue weighted by molar-refractivity contribution is -0.161. The number of hydrogen-bond acceptors (Lipinski definition) is 6. The molecule has 0 aromatic heterocycles. The molecule has 55 heavy (non-hydrogen) atoms. The zero-order valence-corrected chi connectivity index (χ0v) is 36.5. The van der Waals surface area contributed by atoms with E-state index in [1.54, 1.807) is 0 Å². The Balaban J connectivity index is 3.87. The average Bonchev–Trinajstić information content (AvgIpc) is 3.16. The number of phosphoric acid groups is 1. The van der Waals surface area contributed by atoms with Gasteiger partial charge in [-0.3, -0.25) is 14.1 Å². The second-order valence-corrected chi connectivity index (χ2v) is 16.6. The van der Waals surface area contributed by atoms with Gasteiger partial charge in [-0.2, -0.15) is 0 Å². The van der Waals surface area contributed by atoms with E-state index in [2.05, 4.69) is 54.8 Å². The molecule has 1 atom stereocenters. The van der Waals surface area contributed by atoms with Crippen LogP contribution in [-0.2, 0) is 28.2 Å². The summed E-state index contributed by atoms with van der Waals surface area (Å²) < 4.78 is 26.4. The summed E-state index contributed by atoms with van der Waals surface area (Å²) in [7, 11) is -4.76. The van der Waals surface area contributed by atoms with Crippen LogP contribution in [0.5, 0.6) is 0 Å². The van der Waals surface area contributed by atoms with Crippen molar-refractivity contribution in [2.75, 3.05) is 13.2 Å². The smallest absolute Gasteiger partial charge is 0.462 e. The standard InChI is InChI=1S/C46H85O8P/c1-3-5-7-9-11-13-15-17-19-20-21-22-23-24-25-27-29-31-33-35-37-39-41-46(48)54-44(43-53-55(49,50)51)42-52-45(47)40-38-36-34-32-30-28-26-18-16-14-12-10-8-6-4-2/h12,14,18,26,30,32,44H,3-11,13,15-17,19-25,27-29,31,33-43H2,1-2H3,(H2,49,50,51)/b14-12+,26-18+,32-30+/t44-/m1/s1. The van der Waals surface area contributed by atoms with Crippen LogP contribution in [0.15, 0.2) is 36.5 Å². The highest BCUT2D eigenvalue weighted by atomic mass is 31.2. The number of rotatable bonds is 42. The highest BCUT2D eigenvalue weighted by Gasteiger charge is 2.22. The van der Waals surface area contributed by atoms with E-state index in [-0.39, 0.29) is 19.4 Å². The van der Waals surface area contributed by atoms with Gasteiger partial charge in [-0.25, -0.2) is 4.57 Å². The predicted molar refractivity (Wildman–Crippen MR) is 230 cm³/mol. The number of ether oxygens (including phenoxy) is 2. The second-order valence-electron chi connectivity index (χ2n) is 15.4. The summed E-state index contributed by atoms with van der Waals surface area (Å²) in [5.41, 5.74) is 0. The minimum Gasteiger partial charge on any atom is -0.462 e. The third-order valence-corrected chi connectivity index (χ3v) is 10.4. The summed E-state index contributed by atoms with van der Waals surface area (Å²) >= 11 is 0. The maximum atomic E-state index is 12.4. The Labute approximate surface area is 338 Å².